The van der Waals surface area contributed by atoms with Crippen molar-refractivity contribution in [3.05, 3.63) is 46.6 Å². The molecule has 8 nitrogen and oxygen atoms in total. The molecule has 3 aliphatic rings. The lowest BCUT2D eigenvalue weighted by molar-refractivity contribution is 0.332. The maximum atomic E-state index is 12.9. The molecule has 6 heterocycles. The van der Waals surface area contributed by atoms with Crippen LogP contribution < -0.4 is 15.5 Å². The fourth-order valence-corrected chi connectivity index (χ4v) is 5.13. The number of imidazole rings is 1. The highest BCUT2D eigenvalue weighted by molar-refractivity contribution is 5.74. The van der Waals surface area contributed by atoms with E-state index in [0.717, 1.165) is 48.6 Å². The minimum atomic E-state index is -0.0168. The van der Waals surface area contributed by atoms with Crippen LogP contribution in [0, 0.1) is 16.7 Å². The van der Waals surface area contributed by atoms with Gasteiger partial charge in [0.1, 0.15) is 17.6 Å². The van der Waals surface area contributed by atoms with Crippen molar-refractivity contribution >= 4 is 22.7 Å². The van der Waals surface area contributed by atoms with Crippen molar-refractivity contribution in [2.24, 2.45) is 12.5 Å². The monoisotopic (exact) mass is 431 g/mol. The molecule has 3 saturated heterocycles. The summed E-state index contributed by atoms with van der Waals surface area (Å²) in [6, 6.07) is 10.8. The highest BCUT2D eigenvalue weighted by atomic mass is 16.1. The Morgan fingerprint density at radius 1 is 1.12 bits per heavy atom. The molecular formula is C24H29N7O. The normalized spacial score (nSPS) is 20.7. The van der Waals surface area contributed by atoms with Crippen LogP contribution in [-0.4, -0.2) is 44.3 Å². The molecule has 0 radical (unpaired) electrons. The number of aromatic nitrogens is 4. The zero-order valence-corrected chi connectivity index (χ0v) is 19.1. The first-order valence-corrected chi connectivity index (χ1v) is 11.2. The van der Waals surface area contributed by atoms with Gasteiger partial charge in [0.25, 0.3) is 0 Å². The number of nitriles is 1. The van der Waals surface area contributed by atoms with Crippen LogP contribution in [0.15, 0.2) is 35.3 Å². The highest BCUT2D eigenvalue weighted by Gasteiger charge is 2.40. The summed E-state index contributed by atoms with van der Waals surface area (Å²) in [6.45, 7) is 8.84. The van der Waals surface area contributed by atoms with Crippen LogP contribution in [0.4, 0.5) is 11.5 Å². The quantitative estimate of drug-likeness (QED) is 0.634. The van der Waals surface area contributed by atoms with E-state index in [-0.39, 0.29) is 11.1 Å². The van der Waals surface area contributed by atoms with Crippen molar-refractivity contribution in [1.82, 2.24) is 19.1 Å². The van der Waals surface area contributed by atoms with Crippen LogP contribution in [-0.2, 0) is 13.6 Å². The van der Waals surface area contributed by atoms with E-state index in [0.29, 0.717) is 24.3 Å². The van der Waals surface area contributed by atoms with Gasteiger partial charge in [-0.3, -0.25) is 9.13 Å². The van der Waals surface area contributed by atoms with Gasteiger partial charge in [-0.05, 0) is 42.5 Å². The van der Waals surface area contributed by atoms with Crippen molar-refractivity contribution < 1.29 is 0 Å². The van der Waals surface area contributed by atoms with E-state index < -0.39 is 0 Å². The lowest BCUT2D eigenvalue weighted by Crippen LogP contribution is -2.63. The van der Waals surface area contributed by atoms with Gasteiger partial charge in [-0.25, -0.2) is 14.8 Å². The first-order chi connectivity index (χ1) is 15.2. The first-order valence-electron chi connectivity index (χ1n) is 11.2. The molecule has 2 bridgehead atoms. The van der Waals surface area contributed by atoms with E-state index in [2.05, 4.69) is 47.7 Å². The maximum Gasteiger partial charge on any atom is 0.330 e. The molecule has 2 atom stereocenters. The fraction of sp³-hybridized carbons (Fsp3) is 0.500. The van der Waals surface area contributed by atoms with Gasteiger partial charge >= 0.3 is 5.69 Å². The summed E-state index contributed by atoms with van der Waals surface area (Å²) in [4.78, 5) is 26.7. The number of hydrogen-bond acceptors (Lipinski definition) is 6. The molecule has 3 aromatic rings. The van der Waals surface area contributed by atoms with Gasteiger partial charge in [0.05, 0.1) is 5.52 Å². The molecule has 3 aliphatic heterocycles. The van der Waals surface area contributed by atoms with Gasteiger partial charge in [-0.1, -0.05) is 20.8 Å². The molecule has 0 spiro atoms. The zero-order chi connectivity index (χ0) is 22.6. The topological polar surface area (TPSA) is 83.0 Å². The number of hydrogen-bond donors (Lipinski definition) is 0. The molecule has 32 heavy (non-hydrogen) atoms. The molecule has 6 rings (SSSR count). The molecule has 0 aliphatic carbocycles. The Bertz CT molecular complexity index is 1280. The van der Waals surface area contributed by atoms with E-state index in [1.54, 1.807) is 17.8 Å². The number of anilines is 2. The van der Waals surface area contributed by atoms with E-state index >= 15 is 0 Å². The third-order valence-corrected chi connectivity index (χ3v) is 6.61. The predicted octanol–water partition coefficient (Wildman–Crippen LogP) is 2.91. The number of piperazine rings is 1. The minimum Gasteiger partial charge on any atom is -0.365 e. The summed E-state index contributed by atoms with van der Waals surface area (Å²) >= 11 is 0. The van der Waals surface area contributed by atoms with Crippen molar-refractivity contribution in [3.8, 4) is 6.07 Å². The van der Waals surface area contributed by atoms with E-state index in [1.165, 1.54) is 0 Å². The van der Waals surface area contributed by atoms with Gasteiger partial charge < -0.3 is 9.80 Å². The Hall–Kier alpha value is -3.34. The molecule has 3 fully saturated rings. The van der Waals surface area contributed by atoms with E-state index in [1.807, 2.05) is 22.8 Å². The summed E-state index contributed by atoms with van der Waals surface area (Å²) in [7, 11) is 1.81. The first kappa shape index (κ1) is 20.6. The van der Waals surface area contributed by atoms with E-state index in [4.69, 9.17) is 4.98 Å². The van der Waals surface area contributed by atoms with E-state index in [9.17, 15) is 10.1 Å². The number of pyridine rings is 2. The van der Waals surface area contributed by atoms with Crippen LogP contribution in [0.2, 0.25) is 0 Å². The van der Waals surface area contributed by atoms with Crippen LogP contribution in [0.1, 0.15) is 39.3 Å². The predicted molar refractivity (Wildman–Crippen MR) is 125 cm³/mol. The van der Waals surface area contributed by atoms with Crippen LogP contribution in [0.5, 0.6) is 0 Å². The highest BCUT2D eigenvalue weighted by Crippen LogP contribution is 2.35. The SMILES string of the molecule is Cn1c(=O)n(CC(C)(C)C)c2ccc(N3CC4CCC3CN4c3ccnc(C#N)c3)nc21. The molecule has 0 aromatic carbocycles. The average molecular weight is 432 g/mol. The Balaban J connectivity index is 1.45. The molecule has 8 heteroatoms. The molecule has 0 amide bonds. The summed E-state index contributed by atoms with van der Waals surface area (Å²) in [6.07, 6.45) is 3.95. The van der Waals surface area contributed by atoms with Gasteiger partial charge in [0.2, 0.25) is 0 Å². The van der Waals surface area contributed by atoms with Crippen LogP contribution in [0.3, 0.4) is 0 Å². The Labute approximate surface area is 187 Å². The average Bonchev–Trinajstić information content (AvgIpc) is 3.02. The van der Waals surface area contributed by atoms with Crippen molar-refractivity contribution in [3.63, 3.8) is 0 Å². The third-order valence-electron chi connectivity index (χ3n) is 6.61. The van der Waals surface area contributed by atoms with Crippen LogP contribution in [0.25, 0.3) is 11.2 Å². The number of piperidine rings is 2. The number of rotatable bonds is 3. The van der Waals surface area contributed by atoms with Gasteiger partial charge in [0.15, 0.2) is 5.65 Å². The van der Waals surface area contributed by atoms with Crippen LogP contribution >= 0.6 is 0 Å². The summed E-state index contributed by atoms with van der Waals surface area (Å²) in [5.74, 6) is 0.933. The number of nitrogens with zero attached hydrogens (tertiary/aromatic N) is 7. The van der Waals surface area contributed by atoms with Crippen molar-refractivity contribution in [2.75, 3.05) is 22.9 Å². The summed E-state index contributed by atoms with van der Waals surface area (Å²) in [5.41, 5.74) is 3.13. The Morgan fingerprint density at radius 3 is 2.50 bits per heavy atom. The number of aryl methyl sites for hydroxylation is 1. The molecule has 3 aromatic heterocycles. The third kappa shape index (κ3) is 3.42. The second kappa shape index (κ2) is 7.37. The standard InChI is InChI=1S/C24H29N7O/c1-24(2,3)15-31-20-7-8-21(27-22(20)28(4)23(31)32)30-14-18-5-6-19(30)13-29(18)17-9-10-26-16(11-17)12-25/h7-11,18-19H,5-6,13-15H2,1-4H3. The largest absolute Gasteiger partial charge is 0.365 e. The number of fused-ring (bicyclic) bond motifs is 4. The Morgan fingerprint density at radius 2 is 1.84 bits per heavy atom. The maximum absolute atomic E-state index is 12.9. The van der Waals surface area contributed by atoms with Gasteiger partial charge in [0, 0.05) is 50.6 Å². The van der Waals surface area contributed by atoms with Crippen molar-refractivity contribution in [1.29, 1.82) is 5.26 Å². The lowest BCUT2D eigenvalue weighted by atomic mass is 9.90. The second-order valence-corrected chi connectivity index (χ2v) is 10.2. The summed E-state index contributed by atoms with van der Waals surface area (Å²) < 4.78 is 3.51. The van der Waals surface area contributed by atoms with Crippen molar-refractivity contribution in [2.45, 2.75) is 52.2 Å². The molecule has 2 unspecified atom stereocenters. The zero-order valence-electron chi connectivity index (χ0n) is 19.1. The molecular weight excluding hydrogens is 402 g/mol. The molecule has 0 N–H and O–H groups in total. The smallest absolute Gasteiger partial charge is 0.330 e. The minimum absolute atomic E-state index is 0.00459. The second-order valence-electron chi connectivity index (χ2n) is 10.2. The molecule has 0 saturated carbocycles. The lowest BCUT2D eigenvalue weighted by Gasteiger charge is -2.53. The van der Waals surface area contributed by atoms with Gasteiger partial charge in [-0.15, -0.1) is 0 Å². The van der Waals surface area contributed by atoms with Gasteiger partial charge in [-0.2, -0.15) is 5.26 Å². The Kier molecular flexibility index (Phi) is 4.73. The fourth-order valence-electron chi connectivity index (χ4n) is 5.13. The summed E-state index contributed by atoms with van der Waals surface area (Å²) in [5, 5.41) is 9.20. The molecule has 166 valence electrons.